The summed E-state index contributed by atoms with van der Waals surface area (Å²) in [7, 11) is 4.20. The number of likely N-dealkylation sites (N-methyl/N-ethyl adjacent to an activating group) is 1. The van der Waals surface area contributed by atoms with Gasteiger partial charge in [-0.15, -0.1) is 0 Å². The second kappa shape index (κ2) is 8.63. The molecule has 0 aromatic carbocycles. The summed E-state index contributed by atoms with van der Waals surface area (Å²) in [6, 6.07) is 6.97. The highest BCUT2D eigenvalue weighted by Gasteiger charge is 2.27. The van der Waals surface area contributed by atoms with E-state index >= 15 is 0 Å². The number of likely N-dealkylation sites (tertiary alicyclic amines) is 2. The van der Waals surface area contributed by atoms with Crippen LogP contribution in [-0.2, 0) is 6.54 Å². The van der Waals surface area contributed by atoms with E-state index in [4.69, 9.17) is 0 Å². The lowest BCUT2D eigenvalue weighted by Gasteiger charge is -2.38. The molecule has 6 heteroatoms. The van der Waals surface area contributed by atoms with Crippen molar-refractivity contribution in [2.75, 3.05) is 40.3 Å². The molecule has 3 heterocycles. The van der Waals surface area contributed by atoms with Crippen molar-refractivity contribution in [3.8, 4) is 0 Å². The number of hydrogen-bond donors (Lipinski definition) is 1. The minimum atomic E-state index is 0.120. The van der Waals surface area contributed by atoms with Gasteiger partial charge >= 0.3 is 6.03 Å². The topological polar surface area (TPSA) is 51.7 Å². The first kappa shape index (κ1) is 18.1. The van der Waals surface area contributed by atoms with Crippen LogP contribution in [0.4, 0.5) is 4.79 Å². The van der Waals surface area contributed by atoms with E-state index in [0.29, 0.717) is 12.1 Å². The fraction of sp³-hybridized carbons (Fsp3) is 0.684. The van der Waals surface area contributed by atoms with Crippen molar-refractivity contribution in [3.63, 3.8) is 0 Å². The van der Waals surface area contributed by atoms with Gasteiger partial charge in [-0.3, -0.25) is 9.88 Å². The fourth-order valence-corrected chi connectivity index (χ4v) is 3.78. The third-order valence-electron chi connectivity index (χ3n) is 5.44. The Balaban J connectivity index is 1.42. The largest absolute Gasteiger partial charge is 0.335 e. The monoisotopic (exact) mass is 345 g/mol. The van der Waals surface area contributed by atoms with Gasteiger partial charge in [0.1, 0.15) is 0 Å². The molecule has 0 saturated carbocycles. The number of piperidine rings is 2. The number of nitrogens with zero attached hydrogens (tertiary/aromatic N) is 4. The normalized spacial score (nSPS) is 23.0. The Bertz CT molecular complexity index is 542. The molecule has 1 N–H and O–H groups in total. The first-order valence-electron chi connectivity index (χ1n) is 9.46. The Kier molecular flexibility index (Phi) is 6.26. The zero-order valence-corrected chi connectivity index (χ0v) is 15.5. The molecule has 1 aromatic rings. The minimum Gasteiger partial charge on any atom is -0.335 e. The van der Waals surface area contributed by atoms with E-state index in [1.165, 1.54) is 6.42 Å². The second-order valence-corrected chi connectivity index (χ2v) is 7.53. The SMILES string of the molecule is CN(C)[C@H]1CCCN(C(=O)NC2CCN(Cc3ccccn3)CC2)C1. The Morgan fingerprint density at radius 3 is 2.72 bits per heavy atom. The molecule has 2 amide bonds. The molecule has 138 valence electrons. The molecule has 6 nitrogen and oxygen atoms in total. The van der Waals surface area contributed by atoms with Crippen LogP contribution in [0.1, 0.15) is 31.4 Å². The summed E-state index contributed by atoms with van der Waals surface area (Å²) in [5.74, 6) is 0. The Hall–Kier alpha value is -1.66. The van der Waals surface area contributed by atoms with Gasteiger partial charge in [-0.2, -0.15) is 0 Å². The van der Waals surface area contributed by atoms with E-state index in [1.807, 2.05) is 23.2 Å². The number of carbonyl (C=O) groups excluding carboxylic acids is 1. The quantitative estimate of drug-likeness (QED) is 0.904. The summed E-state index contributed by atoms with van der Waals surface area (Å²) in [5, 5.41) is 3.26. The van der Waals surface area contributed by atoms with Crippen LogP contribution in [-0.4, -0.2) is 78.1 Å². The maximum Gasteiger partial charge on any atom is 0.317 e. The lowest BCUT2D eigenvalue weighted by molar-refractivity contribution is 0.131. The van der Waals surface area contributed by atoms with Crippen LogP contribution >= 0.6 is 0 Å². The van der Waals surface area contributed by atoms with Crippen LogP contribution in [0.15, 0.2) is 24.4 Å². The molecule has 0 unspecified atom stereocenters. The van der Waals surface area contributed by atoms with E-state index in [-0.39, 0.29) is 6.03 Å². The van der Waals surface area contributed by atoms with Gasteiger partial charge in [0, 0.05) is 51.0 Å². The van der Waals surface area contributed by atoms with Crippen molar-refractivity contribution in [3.05, 3.63) is 30.1 Å². The first-order chi connectivity index (χ1) is 12.1. The predicted octanol–water partition coefficient (Wildman–Crippen LogP) is 1.78. The Morgan fingerprint density at radius 2 is 2.04 bits per heavy atom. The summed E-state index contributed by atoms with van der Waals surface area (Å²) in [6.45, 7) is 4.66. The zero-order valence-electron chi connectivity index (χ0n) is 15.5. The van der Waals surface area contributed by atoms with Gasteiger partial charge in [0.05, 0.1) is 5.69 Å². The molecule has 2 fully saturated rings. The van der Waals surface area contributed by atoms with Crippen LogP contribution in [0.25, 0.3) is 0 Å². The molecule has 0 bridgehead atoms. The summed E-state index contributed by atoms with van der Waals surface area (Å²) >= 11 is 0. The van der Waals surface area contributed by atoms with Gasteiger partial charge in [-0.05, 0) is 51.9 Å². The number of pyridine rings is 1. The number of urea groups is 1. The first-order valence-corrected chi connectivity index (χ1v) is 9.46. The lowest BCUT2D eigenvalue weighted by atomic mass is 10.0. The molecule has 2 aliphatic heterocycles. The fourth-order valence-electron chi connectivity index (χ4n) is 3.78. The molecule has 0 spiro atoms. The predicted molar refractivity (Wildman–Crippen MR) is 99.3 cm³/mol. The lowest BCUT2D eigenvalue weighted by Crippen LogP contribution is -2.54. The third-order valence-corrected chi connectivity index (χ3v) is 5.44. The molecule has 1 atom stereocenters. The van der Waals surface area contributed by atoms with Gasteiger partial charge in [0.15, 0.2) is 0 Å². The number of hydrogen-bond acceptors (Lipinski definition) is 4. The van der Waals surface area contributed by atoms with Gasteiger partial charge in [0.25, 0.3) is 0 Å². The number of amides is 2. The van der Waals surface area contributed by atoms with Crippen LogP contribution < -0.4 is 5.32 Å². The maximum atomic E-state index is 12.6. The summed E-state index contributed by atoms with van der Waals surface area (Å²) in [6.07, 6.45) is 6.16. The zero-order chi connectivity index (χ0) is 17.6. The smallest absolute Gasteiger partial charge is 0.317 e. The van der Waals surface area contributed by atoms with Crippen molar-refractivity contribution in [1.29, 1.82) is 0 Å². The molecule has 2 saturated heterocycles. The van der Waals surface area contributed by atoms with E-state index in [2.05, 4.69) is 40.3 Å². The number of rotatable bonds is 4. The molecule has 25 heavy (non-hydrogen) atoms. The maximum absolute atomic E-state index is 12.6. The van der Waals surface area contributed by atoms with Crippen molar-refractivity contribution in [2.24, 2.45) is 0 Å². The third kappa shape index (κ3) is 5.16. The number of carbonyl (C=O) groups is 1. The van der Waals surface area contributed by atoms with Gasteiger partial charge in [0.2, 0.25) is 0 Å². The van der Waals surface area contributed by atoms with Crippen molar-refractivity contribution in [2.45, 2.75) is 44.3 Å². The highest BCUT2D eigenvalue weighted by atomic mass is 16.2. The van der Waals surface area contributed by atoms with Gasteiger partial charge < -0.3 is 15.1 Å². The summed E-state index contributed by atoms with van der Waals surface area (Å²) in [4.78, 5) is 23.6. The number of nitrogens with one attached hydrogen (secondary N) is 1. The molecule has 2 aliphatic rings. The Morgan fingerprint density at radius 1 is 1.24 bits per heavy atom. The molecule has 1 aromatic heterocycles. The average Bonchev–Trinajstić information content (AvgIpc) is 2.64. The molecule has 0 aliphatic carbocycles. The van der Waals surface area contributed by atoms with Crippen molar-refractivity contribution in [1.82, 2.24) is 25.0 Å². The van der Waals surface area contributed by atoms with E-state index in [9.17, 15) is 4.79 Å². The van der Waals surface area contributed by atoms with E-state index in [0.717, 1.165) is 57.7 Å². The van der Waals surface area contributed by atoms with Gasteiger partial charge in [-0.25, -0.2) is 4.79 Å². The Labute approximate surface area is 151 Å². The minimum absolute atomic E-state index is 0.120. The summed E-state index contributed by atoms with van der Waals surface area (Å²) < 4.78 is 0. The molecule has 0 radical (unpaired) electrons. The summed E-state index contributed by atoms with van der Waals surface area (Å²) in [5.41, 5.74) is 1.12. The number of aromatic nitrogens is 1. The highest BCUT2D eigenvalue weighted by molar-refractivity contribution is 5.74. The second-order valence-electron chi connectivity index (χ2n) is 7.53. The van der Waals surface area contributed by atoms with E-state index < -0.39 is 0 Å². The molecular weight excluding hydrogens is 314 g/mol. The van der Waals surface area contributed by atoms with Crippen LogP contribution in [0.5, 0.6) is 0 Å². The van der Waals surface area contributed by atoms with Crippen LogP contribution in [0.3, 0.4) is 0 Å². The average molecular weight is 345 g/mol. The van der Waals surface area contributed by atoms with Gasteiger partial charge in [-0.1, -0.05) is 6.07 Å². The molecule has 3 rings (SSSR count). The standard InChI is InChI=1S/C19H31N5O/c1-22(2)18-7-5-11-24(15-18)19(25)21-16-8-12-23(13-9-16)14-17-6-3-4-10-20-17/h3-4,6,10,16,18H,5,7-9,11-15H2,1-2H3,(H,21,25)/t18-/m0/s1. The van der Waals surface area contributed by atoms with Crippen molar-refractivity contribution >= 4 is 6.03 Å². The van der Waals surface area contributed by atoms with Crippen LogP contribution in [0.2, 0.25) is 0 Å². The molecular formula is C19H31N5O. The highest BCUT2D eigenvalue weighted by Crippen LogP contribution is 2.16. The van der Waals surface area contributed by atoms with Crippen LogP contribution in [0, 0.1) is 0 Å². The van der Waals surface area contributed by atoms with E-state index in [1.54, 1.807) is 0 Å². The van der Waals surface area contributed by atoms with Crippen molar-refractivity contribution < 1.29 is 4.79 Å².